The molecule has 4 atom stereocenters. The average molecular weight is 504 g/mol. The maximum atomic E-state index is 12.3. The molecule has 15 nitrogen and oxygen atoms in total. The maximum Gasteiger partial charge on any atom is 0.316 e. The minimum atomic E-state index is -1.37. The lowest BCUT2D eigenvalue weighted by atomic mass is 10.1. The highest BCUT2D eigenvalue weighted by Crippen LogP contribution is 2.05. The van der Waals surface area contributed by atoms with E-state index in [-0.39, 0.29) is 18.9 Å². The number of carbonyl (C=O) groups is 6. The van der Waals surface area contributed by atoms with E-state index in [0.717, 1.165) is 19.3 Å². The number of unbranched alkanes of at least 4 members (excludes halogenated alkanes) is 4. The number of nitrogens with one attached hydrogen (secondary N) is 4. The van der Waals surface area contributed by atoms with Crippen molar-refractivity contribution in [3.8, 4) is 0 Å². The highest BCUT2D eigenvalue weighted by Gasteiger charge is 2.27. The molecule has 12 N–H and O–H groups in total. The van der Waals surface area contributed by atoms with Crippen molar-refractivity contribution in [2.45, 2.75) is 76.1 Å². The van der Waals surface area contributed by atoms with E-state index < -0.39 is 66.9 Å². The van der Waals surface area contributed by atoms with Crippen LogP contribution in [0.3, 0.4) is 0 Å². The third-order valence-electron chi connectivity index (χ3n) is 4.85. The van der Waals surface area contributed by atoms with Gasteiger partial charge in [-0.25, -0.2) is 4.79 Å². The maximum absolute atomic E-state index is 12.3. The number of amides is 7. The molecule has 0 rings (SSSR count). The van der Waals surface area contributed by atoms with Crippen LogP contribution >= 0.6 is 0 Å². The summed E-state index contributed by atoms with van der Waals surface area (Å²) in [6, 6.07) is -4.77. The van der Waals surface area contributed by atoms with Crippen molar-refractivity contribution in [2.24, 2.45) is 17.2 Å². The largest absolute Gasteiger partial charge is 0.394 e. The van der Waals surface area contributed by atoms with Crippen molar-refractivity contribution >= 4 is 35.6 Å². The van der Waals surface area contributed by atoms with Crippen LogP contribution in [0, 0.1) is 0 Å². The van der Waals surface area contributed by atoms with E-state index in [2.05, 4.69) is 21.3 Å². The van der Waals surface area contributed by atoms with Gasteiger partial charge in [0.15, 0.2) is 0 Å². The standard InChI is InChI=1S/C20H37N7O8/c1-11(29)16(27-20(35)26-12(17(22)32)9-14(21)30)19(34)24-8-6-4-2-3-5-7-15(31)25-13(10-28)18(23)33/h11-13,16,28-29H,2-10H2,1H3,(H2,21,30)(H2,22,32)(H2,23,33)(H,24,34)(H,25,31)(H2,26,27,35)/t11?,12-,13-,16-/m0/s1. The molecule has 0 saturated carbocycles. The predicted octanol–water partition coefficient (Wildman–Crippen LogP) is -3.82. The van der Waals surface area contributed by atoms with Gasteiger partial charge in [0.1, 0.15) is 18.1 Å². The SMILES string of the molecule is CC(O)[C@H](NC(=O)N[C@@H](CC(N)=O)C(N)=O)C(=O)NCCCCCCCC(=O)N[C@@H](CO)C(N)=O. The van der Waals surface area contributed by atoms with Gasteiger partial charge in [0, 0.05) is 13.0 Å². The average Bonchev–Trinajstić information content (AvgIpc) is 2.76. The number of hydrogen-bond donors (Lipinski definition) is 9. The van der Waals surface area contributed by atoms with Gasteiger partial charge in [-0.05, 0) is 19.8 Å². The number of primary amides is 3. The lowest BCUT2D eigenvalue weighted by Crippen LogP contribution is -2.58. The summed E-state index contributed by atoms with van der Waals surface area (Å²) in [6.07, 6.45) is 1.82. The Labute approximate surface area is 202 Å². The monoisotopic (exact) mass is 503 g/mol. The molecule has 1 unspecified atom stereocenters. The van der Waals surface area contributed by atoms with Crippen LogP contribution in [0.25, 0.3) is 0 Å². The molecule has 0 saturated heterocycles. The van der Waals surface area contributed by atoms with Crippen molar-refractivity contribution in [3.63, 3.8) is 0 Å². The molecule has 0 aliphatic heterocycles. The fraction of sp³-hybridized carbons (Fsp3) is 0.700. The van der Waals surface area contributed by atoms with Crippen LogP contribution in [0.5, 0.6) is 0 Å². The third kappa shape index (κ3) is 14.4. The van der Waals surface area contributed by atoms with Gasteiger partial charge in [-0.3, -0.25) is 24.0 Å². The van der Waals surface area contributed by atoms with Crippen molar-refractivity contribution in [1.82, 2.24) is 21.3 Å². The van der Waals surface area contributed by atoms with Gasteiger partial charge < -0.3 is 48.7 Å². The van der Waals surface area contributed by atoms with Crippen molar-refractivity contribution < 1.29 is 39.0 Å². The summed E-state index contributed by atoms with van der Waals surface area (Å²) >= 11 is 0. The predicted molar refractivity (Wildman–Crippen MR) is 123 cm³/mol. The summed E-state index contributed by atoms with van der Waals surface area (Å²) < 4.78 is 0. The van der Waals surface area contributed by atoms with E-state index in [1.165, 1.54) is 6.92 Å². The Kier molecular flexibility index (Phi) is 15.4. The van der Waals surface area contributed by atoms with Gasteiger partial charge in [0.25, 0.3) is 0 Å². The van der Waals surface area contributed by atoms with Gasteiger partial charge >= 0.3 is 6.03 Å². The third-order valence-corrected chi connectivity index (χ3v) is 4.85. The second kappa shape index (κ2) is 17.0. The molecule has 35 heavy (non-hydrogen) atoms. The fourth-order valence-corrected chi connectivity index (χ4v) is 2.91. The van der Waals surface area contributed by atoms with Gasteiger partial charge in [-0.1, -0.05) is 19.3 Å². The van der Waals surface area contributed by atoms with Gasteiger partial charge in [-0.15, -0.1) is 0 Å². The molecule has 0 heterocycles. The summed E-state index contributed by atoms with van der Waals surface area (Å²) in [7, 11) is 0. The molecule has 0 aliphatic rings. The van der Waals surface area contributed by atoms with Crippen LogP contribution in [0.2, 0.25) is 0 Å². The fourth-order valence-electron chi connectivity index (χ4n) is 2.91. The van der Waals surface area contributed by atoms with Gasteiger partial charge in [0.05, 0.1) is 19.1 Å². The molecule has 0 radical (unpaired) electrons. The Morgan fingerprint density at radius 3 is 1.89 bits per heavy atom. The molecule has 0 spiro atoms. The number of nitrogens with two attached hydrogens (primary N) is 3. The highest BCUT2D eigenvalue weighted by atomic mass is 16.3. The Morgan fingerprint density at radius 1 is 0.800 bits per heavy atom. The van der Waals surface area contributed by atoms with E-state index in [9.17, 15) is 33.9 Å². The number of hydrogen-bond acceptors (Lipinski definition) is 8. The van der Waals surface area contributed by atoms with E-state index in [4.69, 9.17) is 22.3 Å². The Hall–Kier alpha value is -3.46. The minimum absolute atomic E-state index is 0.181. The van der Waals surface area contributed by atoms with E-state index in [0.29, 0.717) is 12.8 Å². The molecule has 0 fully saturated rings. The van der Waals surface area contributed by atoms with Crippen LogP contribution in [-0.4, -0.2) is 83.2 Å². The summed E-state index contributed by atoms with van der Waals surface area (Å²) in [5.74, 6) is -3.69. The molecule has 0 aromatic carbocycles. The summed E-state index contributed by atoms with van der Waals surface area (Å²) in [5.41, 5.74) is 15.1. The van der Waals surface area contributed by atoms with Crippen molar-refractivity contribution in [2.75, 3.05) is 13.2 Å². The number of rotatable bonds is 18. The molecule has 0 aliphatic carbocycles. The van der Waals surface area contributed by atoms with Gasteiger partial charge in [-0.2, -0.15) is 0 Å². The zero-order valence-corrected chi connectivity index (χ0v) is 19.7. The summed E-state index contributed by atoms with van der Waals surface area (Å²) in [4.78, 5) is 69.3. The van der Waals surface area contributed by atoms with Crippen LogP contribution in [0.1, 0.15) is 51.9 Å². The molecule has 200 valence electrons. The van der Waals surface area contributed by atoms with Crippen molar-refractivity contribution in [1.29, 1.82) is 0 Å². The van der Waals surface area contributed by atoms with Crippen LogP contribution in [0.15, 0.2) is 0 Å². The lowest BCUT2D eigenvalue weighted by Gasteiger charge is -2.22. The first-order valence-corrected chi connectivity index (χ1v) is 11.2. The normalized spacial score (nSPS) is 14.0. The Morgan fingerprint density at radius 2 is 1.37 bits per heavy atom. The molecular weight excluding hydrogens is 466 g/mol. The second-order valence-electron chi connectivity index (χ2n) is 7.98. The van der Waals surface area contributed by atoms with Gasteiger partial charge in [0.2, 0.25) is 29.5 Å². The van der Waals surface area contributed by atoms with E-state index in [1.54, 1.807) is 0 Å². The molecule has 0 aromatic heterocycles. The minimum Gasteiger partial charge on any atom is -0.394 e. The molecule has 15 heteroatoms. The van der Waals surface area contributed by atoms with Crippen LogP contribution < -0.4 is 38.5 Å². The second-order valence-corrected chi connectivity index (χ2v) is 7.98. The number of urea groups is 1. The highest BCUT2D eigenvalue weighted by molar-refractivity contribution is 5.92. The Bertz CT molecular complexity index is 747. The van der Waals surface area contributed by atoms with Crippen LogP contribution in [0.4, 0.5) is 4.79 Å². The quantitative estimate of drug-likeness (QED) is 0.0834. The number of aliphatic hydroxyl groups is 2. The topological polar surface area (TPSA) is 269 Å². The molecule has 0 bridgehead atoms. The van der Waals surface area contributed by atoms with E-state index in [1.807, 2.05) is 0 Å². The summed E-state index contributed by atoms with van der Waals surface area (Å²) in [5, 5.41) is 28.1. The molecule has 0 aromatic rings. The summed E-state index contributed by atoms with van der Waals surface area (Å²) in [6.45, 7) is 1.00. The zero-order chi connectivity index (χ0) is 27.0. The van der Waals surface area contributed by atoms with E-state index >= 15 is 0 Å². The van der Waals surface area contributed by atoms with Crippen LogP contribution in [-0.2, 0) is 24.0 Å². The Balaban J connectivity index is 4.25. The smallest absolute Gasteiger partial charge is 0.316 e. The number of aliphatic hydroxyl groups excluding tert-OH is 2. The number of carbonyl (C=O) groups excluding carboxylic acids is 6. The molecular formula is C20H37N7O8. The first-order valence-electron chi connectivity index (χ1n) is 11.2. The zero-order valence-electron chi connectivity index (χ0n) is 19.7. The first-order chi connectivity index (χ1) is 16.4. The molecule has 7 amide bonds. The lowest BCUT2D eigenvalue weighted by molar-refractivity contribution is -0.128. The first kappa shape index (κ1) is 31.5. The van der Waals surface area contributed by atoms with Crippen molar-refractivity contribution in [3.05, 3.63) is 0 Å².